The molecule has 110 valence electrons. The van der Waals surface area contributed by atoms with E-state index < -0.39 is 0 Å². The molecule has 0 atom stereocenters. The number of hydrogen-bond donors (Lipinski definition) is 2. The van der Waals surface area contributed by atoms with Crippen LogP contribution in [0.25, 0.3) is 0 Å². The summed E-state index contributed by atoms with van der Waals surface area (Å²) in [5.74, 6) is -0.0591. The van der Waals surface area contributed by atoms with Crippen molar-refractivity contribution in [2.24, 2.45) is 0 Å². The van der Waals surface area contributed by atoms with Crippen molar-refractivity contribution in [1.29, 1.82) is 0 Å². The Kier molecular flexibility index (Phi) is 4.12. The lowest BCUT2D eigenvalue weighted by atomic mass is 10.1. The lowest BCUT2D eigenvalue weighted by Gasteiger charge is -2.12. The van der Waals surface area contributed by atoms with Crippen molar-refractivity contribution in [1.82, 2.24) is 9.88 Å². The first-order chi connectivity index (χ1) is 10.2. The van der Waals surface area contributed by atoms with Gasteiger partial charge in [-0.15, -0.1) is 0 Å². The number of rotatable bonds is 5. The summed E-state index contributed by atoms with van der Waals surface area (Å²) in [6, 6.07) is 10.2. The zero-order valence-electron chi connectivity index (χ0n) is 11.9. The molecule has 0 saturated heterocycles. The van der Waals surface area contributed by atoms with Gasteiger partial charge in [-0.25, -0.2) is 0 Å². The number of nitrogens with zero attached hydrogens (tertiary/aromatic N) is 1. The van der Waals surface area contributed by atoms with Crippen LogP contribution >= 0.6 is 15.9 Å². The van der Waals surface area contributed by atoms with Crippen molar-refractivity contribution in [3.05, 3.63) is 52.3 Å². The van der Waals surface area contributed by atoms with E-state index in [0.717, 1.165) is 35.1 Å². The molecular formula is C16H18BrN3O. The highest BCUT2D eigenvalue weighted by Crippen LogP contribution is 2.37. The molecule has 4 nitrogen and oxygen atoms in total. The molecule has 1 amide bonds. The van der Waals surface area contributed by atoms with E-state index >= 15 is 0 Å². The summed E-state index contributed by atoms with van der Waals surface area (Å²) in [4.78, 5) is 12.6. The minimum absolute atomic E-state index is 0.0591. The number of amides is 1. The van der Waals surface area contributed by atoms with Crippen LogP contribution in [0, 0.1) is 0 Å². The molecule has 3 rings (SSSR count). The van der Waals surface area contributed by atoms with Crippen LogP contribution in [0.5, 0.6) is 0 Å². The molecule has 21 heavy (non-hydrogen) atoms. The molecule has 1 saturated carbocycles. The van der Waals surface area contributed by atoms with Crippen molar-refractivity contribution in [3.8, 4) is 0 Å². The monoisotopic (exact) mass is 347 g/mol. The van der Waals surface area contributed by atoms with Crippen molar-refractivity contribution >= 4 is 27.5 Å². The van der Waals surface area contributed by atoms with Crippen LogP contribution in [-0.2, 0) is 6.54 Å². The Labute approximate surface area is 132 Å². The number of carbonyl (C=O) groups is 1. The zero-order valence-corrected chi connectivity index (χ0v) is 13.5. The van der Waals surface area contributed by atoms with Crippen LogP contribution < -0.4 is 10.6 Å². The van der Waals surface area contributed by atoms with Crippen molar-refractivity contribution in [2.75, 3.05) is 12.4 Å². The van der Waals surface area contributed by atoms with Gasteiger partial charge >= 0.3 is 0 Å². The number of carbonyl (C=O) groups excluding carboxylic acids is 1. The van der Waals surface area contributed by atoms with E-state index in [9.17, 15) is 4.79 Å². The van der Waals surface area contributed by atoms with E-state index in [2.05, 4.69) is 31.1 Å². The van der Waals surface area contributed by atoms with E-state index in [1.165, 1.54) is 0 Å². The van der Waals surface area contributed by atoms with Crippen molar-refractivity contribution < 1.29 is 4.79 Å². The lowest BCUT2D eigenvalue weighted by Crippen LogP contribution is -2.18. The molecule has 0 spiro atoms. The van der Waals surface area contributed by atoms with Crippen LogP contribution in [-0.4, -0.2) is 17.5 Å². The number of hydrogen-bond acceptors (Lipinski definition) is 2. The summed E-state index contributed by atoms with van der Waals surface area (Å²) in [7, 11) is 1.90. The molecule has 0 radical (unpaired) electrons. The molecule has 1 fully saturated rings. The second-order valence-electron chi connectivity index (χ2n) is 5.32. The number of anilines is 1. The third-order valence-electron chi connectivity index (χ3n) is 3.62. The van der Waals surface area contributed by atoms with Gasteiger partial charge in [-0.1, -0.05) is 18.2 Å². The van der Waals surface area contributed by atoms with Gasteiger partial charge in [0, 0.05) is 28.9 Å². The Hall–Kier alpha value is -1.59. The standard InChI is InChI=1S/C16H18BrN3O/c1-18-9-11-4-2-3-5-14(11)19-16(21)15-8-12(17)10-20(15)13-6-7-13/h2-5,8,10,13,18H,6-7,9H2,1H3,(H,19,21). The Morgan fingerprint density at radius 1 is 1.38 bits per heavy atom. The Balaban J connectivity index is 1.83. The number of para-hydroxylation sites is 1. The van der Waals surface area contributed by atoms with Crippen LogP contribution in [0.3, 0.4) is 0 Å². The normalized spacial score (nSPS) is 14.2. The largest absolute Gasteiger partial charge is 0.339 e. The van der Waals surface area contributed by atoms with Gasteiger partial charge < -0.3 is 15.2 Å². The summed E-state index contributed by atoms with van der Waals surface area (Å²) < 4.78 is 3.02. The summed E-state index contributed by atoms with van der Waals surface area (Å²) in [5.41, 5.74) is 2.65. The summed E-state index contributed by atoms with van der Waals surface area (Å²) in [6.07, 6.45) is 4.29. The van der Waals surface area contributed by atoms with Gasteiger partial charge in [0.25, 0.3) is 5.91 Å². The zero-order chi connectivity index (χ0) is 14.8. The van der Waals surface area contributed by atoms with Crippen molar-refractivity contribution in [2.45, 2.75) is 25.4 Å². The molecule has 1 aromatic heterocycles. The smallest absolute Gasteiger partial charge is 0.272 e. The first-order valence-corrected chi connectivity index (χ1v) is 7.89. The van der Waals surface area contributed by atoms with Crippen LogP contribution in [0.1, 0.15) is 34.9 Å². The fourth-order valence-electron chi connectivity index (χ4n) is 2.46. The predicted octanol–water partition coefficient (Wildman–Crippen LogP) is 3.56. The number of aromatic nitrogens is 1. The number of halogens is 1. The fourth-order valence-corrected chi connectivity index (χ4v) is 2.89. The predicted molar refractivity (Wildman–Crippen MR) is 87.6 cm³/mol. The average molecular weight is 348 g/mol. The van der Waals surface area contributed by atoms with E-state index in [4.69, 9.17) is 0 Å². The molecule has 1 aliphatic rings. The Morgan fingerprint density at radius 3 is 2.86 bits per heavy atom. The van der Waals surface area contributed by atoms with Crippen LogP contribution in [0.15, 0.2) is 41.0 Å². The quantitative estimate of drug-likeness (QED) is 0.868. The minimum Gasteiger partial charge on any atom is -0.339 e. The maximum Gasteiger partial charge on any atom is 0.272 e. The number of benzene rings is 1. The fraction of sp³-hybridized carbons (Fsp3) is 0.312. The molecule has 5 heteroatoms. The maximum absolute atomic E-state index is 12.6. The highest BCUT2D eigenvalue weighted by molar-refractivity contribution is 9.10. The molecule has 0 unspecified atom stereocenters. The Morgan fingerprint density at radius 2 is 2.14 bits per heavy atom. The third-order valence-corrected chi connectivity index (χ3v) is 4.05. The summed E-state index contributed by atoms with van der Waals surface area (Å²) in [5, 5.41) is 6.14. The van der Waals surface area contributed by atoms with Crippen molar-refractivity contribution in [3.63, 3.8) is 0 Å². The van der Waals surface area contributed by atoms with Gasteiger partial charge in [0.15, 0.2) is 0 Å². The second kappa shape index (κ2) is 6.03. The average Bonchev–Trinajstić information content (AvgIpc) is 3.24. The lowest BCUT2D eigenvalue weighted by molar-refractivity contribution is 0.101. The Bertz CT molecular complexity index is 661. The summed E-state index contributed by atoms with van der Waals surface area (Å²) in [6.45, 7) is 0.726. The molecule has 1 heterocycles. The molecule has 0 aliphatic heterocycles. The highest BCUT2D eigenvalue weighted by atomic mass is 79.9. The van der Waals surface area contributed by atoms with Gasteiger partial charge in [0.1, 0.15) is 5.69 Å². The van der Waals surface area contributed by atoms with E-state index in [1.54, 1.807) is 0 Å². The van der Waals surface area contributed by atoms with Gasteiger partial charge in [-0.3, -0.25) is 4.79 Å². The molecule has 2 N–H and O–H groups in total. The topological polar surface area (TPSA) is 46.1 Å². The second-order valence-corrected chi connectivity index (χ2v) is 6.24. The van der Waals surface area contributed by atoms with E-state index in [1.807, 2.05) is 43.6 Å². The van der Waals surface area contributed by atoms with Gasteiger partial charge in [0.05, 0.1) is 0 Å². The van der Waals surface area contributed by atoms with Gasteiger partial charge in [-0.2, -0.15) is 0 Å². The minimum atomic E-state index is -0.0591. The molecule has 0 bridgehead atoms. The van der Waals surface area contributed by atoms with Gasteiger partial charge in [-0.05, 0) is 53.5 Å². The SMILES string of the molecule is CNCc1ccccc1NC(=O)c1cc(Br)cn1C1CC1. The summed E-state index contributed by atoms with van der Waals surface area (Å²) >= 11 is 3.46. The van der Waals surface area contributed by atoms with Crippen LogP contribution in [0.2, 0.25) is 0 Å². The molecular weight excluding hydrogens is 330 g/mol. The first kappa shape index (κ1) is 14.4. The number of nitrogens with one attached hydrogen (secondary N) is 2. The third kappa shape index (κ3) is 3.19. The maximum atomic E-state index is 12.6. The molecule has 1 aromatic carbocycles. The highest BCUT2D eigenvalue weighted by Gasteiger charge is 2.27. The molecule has 1 aliphatic carbocycles. The first-order valence-electron chi connectivity index (χ1n) is 7.10. The van der Waals surface area contributed by atoms with E-state index in [-0.39, 0.29) is 5.91 Å². The van der Waals surface area contributed by atoms with E-state index in [0.29, 0.717) is 11.7 Å². The molecule has 2 aromatic rings. The van der Waals surface area contributed by atoms with Gasteiger partial charge in [0.2, 0.25) is 0 Å². The van der Waals surface area contributed by atoms with Crippen LogP contribution in [0.4, 0.5) is 5.69 Å².